The molecule has 0 spiro atoms. The van der Waals surface area contributed by atoms with Crippen LogP contribution in [0.2, 0.25) is 0 Å². The van der Waals surface area contributed by atoms with Crippen molar-refractivity contribution in [3.63, 3.8) is 0 Å². The number of ketones is 1. The van der Waals surface area contributed by atoms with Crippen molar-refractivity contribution in [3.8, 4) is 5.75 Å². The first kappa shape index (κ1) is 11.7. The molecule has 2 aliphatic heterocycles. The Labute approximate surface area is 106 Å². The number of hydrogen-bond donors (Lipinski definition) is 1. The summed E-state index contributed by atoms with van der Waals surface area (Å²) in [5.74, 6) is 0.784. The minimum absolute atomic E-state index is 0.0247. The lowest BCUT2D eigenvalue weighted by Gasteiger charge is -2.13. The van der Waals surface area contributed by atoms with Gasteiger partial charge in [-0.15, -0.1) is 0 Å². The molecule has 0 saturated carbocycles. The average Bonchev–Trinajstić information content (AvgIpc) is 3.05. The lowest BCUT2D eigenvalue weighted by atomic mass is 10.00. The quantitative estimate of drug-likeness (QED) is 0.818. The standard InChI is InChI=1S/C14H17NO3/c15-8-10-4-5-12(18-10)13(16)11-3-1-2-9-6-7-17-14(9)11/h1-3,10,12H,4-8,15H2. The van der Waals surface area contributed by atoms with Gasteiger partial charge in [0, 0.05) is 13.0 Å². The second-order valence-corrected chi connectivity index (χ2v) is 4.82. The highest BCUT2D eigenvalue weighted by Crippen LogP contribution is 2.32. The van der Waals surface area contributed by atoms with E-state index in [1.807, 2.05) is 18.2 Å². The number of benzene rings is 1. The van der Waals surface area contributed by atoms with Crippen molar-refractivity contribution in [1.82, 2.24) is 0 Å². The van der Waals surface area contributed by atoms with Gasteiger partial charge in [-0.3, -0.25) is 4.79 Å². The Morgan fingerprint density at radius 3 is 3.06 bits per heavy atom. The summed E-state index contributed by atoms with van der Waals surface area (Å²) >= 11 is 0. The van der Waals surface area contributed by atoms with Gasteiger partial charge in [0.1, 0.15) is 11.9 Å². The van der Waals surface area contributed by atoms with E-state index in [1.165, 1.54) is 0 Å². The number of Topliss-reactive ketones (excluding diaryl/α,β-unsaturated/α-hetero) is 1. The van der Waals surface area contributed by atoms with Crippen LogP contribution in [0, 0.1) is 0 Å². The van der Waals surface area contributed by atoms with Crippen LogP contribution < -0.4 is 10.5 Å². The molecule has 1 aromatic carbocycles. The summed E-state index contributed by atoms with van der Waals surface area (Å²) < 4.78 is 11.2. The highest BCUT2D eigenvalue weighted by atomic mass is 16.5. The van der Waals surface area contributed by atoms with Crippen LogP contribution in [0.4, 0.5) is 0 Å². The van der Waals surface area contributed by atoms with Crippen molar-refractivity contribution < 1.29 is 14.3 Å². The van der Waals surface area contributed by atoms with Gasteiger partial charge in [-0.1, -0.05) is 12.1 Å². The molecule has 18 heavy (non-hydrogen) atoms. The predicted molar refractivity (Wildman–Crippen MR) is 66.9 cm³/mol. The lowest BCUT2D eigenvalue weighted by molar-refractivity contribution is 0.0402. The van der Waals surface area contributed by atoms with E-state index in [2.05, 4.69) is 0 Å². The molecule has 2 aliphatic rings. The Morgan fingerprint density at radius 1 is 1.39 bits per heavy atom. The van der Waals surface area contributed by atoms with Crippen molar-refractivity contribution in [2.75, 3.05) is 13.2 Å². The molecule has 1 fully saturated rings. The van der Waals surface area contributed by atoms with Crippen LogP contribution in [-0.4, -0.2) is 31.1 Å². The van der Waals surface area contributed by atoms with Crippen molar-refractivity contribution in [2.45, 2.75) is 31.5 Å². The molecule has 0 bridgehead atoms. The van der Waals surface area contributed by atoms with Gasteiger partial charge in [0.25, 0.3) is 0 Å². The van der Waals surface area contributed by atoms with E-state index in [9.17, 15) is 4.79 Å². The largest absolute Gasteiger partial charge is 0.492 e. The van der Waals surface area contributed by atoms with Gasteiger partial charge in [0.15, 0.2) is 5.78 Å². The molecule has 0 amide bonds. The zero-order chi connectivity index (χ0) is 12.5. The lowest BCUT2D eigenvalue weighted by Crippen LogP contribution is -2.25. The molecule has 96 valence electrons. The molecule has 4 nitrogen and oxygen atoms in total. The molecular formula is C14H17NO3. The van der Waals surface area contributed by atoms with E-state index in [-0.39, 0.29) is 18.0 Å². The van der Waals surface area contributed by atoms with E-state index in [0.717, 1.165) is 30.6 Å². The van der Waals surface area contributed by atoms with Crippen molar-refractivity contribution in [2.24, 2.45) is 5.73 Å². The summed E-state index contributed by atoms with van der Waals surface area (Å²) in [5, 5.41) is 0. The van der Waals surface area contributed by atoms with E-state index in [4.69, 9.17) is 15.2 Å². The molecule has 0 aliphatic carbocycles. The average molecular weight is 247 g/mol. The summed E-state index contributed by atoms with van der Waals surface area (Å²) in [6.45, 7) is 1.14. The minimum atomic E-state index is -0.353. The smallest absolute Gasteiger partial charge is 0.195 e. The Kier molecular flexibility index (Phi) is 3.06. The molecule has 2 atom stereocenters. The molecule has 0 radical (unpaired) electrons. The third-order valence-corrected chi connectivity index (χ3v) is 3.64. The molecular weight excluding hydrogens is 230 g/mol. The zero-order valence-electron chi connectivity index (χ0n) is 10.2. The summed E-state index contributed by atoms with van der Waals surface area (Å²) in [7, 11) is 0. The third kappa shape index (κ3) is 1.91. The van der Waals surface area contributed by atoms with Crippen LogP contribution in [0.15, 0.2) is 18.2 Å². The Hall–Kier alpha value is -1.39. The number of ether oxygens (including phenoxy) is 2. The minimum Gasteiger partial charge on any atom is -0.492 e. The normalized spacial score (nSPS) is 25.8. The summed E-state index contributed by atoms with van der Waals surface area (Å²) in [6.07, 6.45) is 2.17. The molecule has 1 aromatic rings. The first-order valence-electron chi connectivity index (χ1n) is 6.44. The number of fused-ring (bicyclic) bond motifs is 1. The Bertz CT molecular complexity index is 472. The maximum Gasteiger partial charge on any atom is 0.195 e. The number of hydrogen-bond acceptors (Lipinski definition) is 4. The molecule has 4 heteroatoms. The van der Waals surface area contributed by atoms with Crippen LogP contribution in [0.25, 0.3) is 0 Å². The molecule has 1 saturated heterocycles. The van der Waals surface area contributed by atoms with Gasteiger partial charge < -0.3 is 15.2 Å². The van der Waals surface area contributed by atoms with Gasteiger partial charge in [0.2, 0.25) is 0 Å². The predicted octanol–water partition coefficient (Wildman–Crippen LogP) is 1.31. The van der Waals surface area contributed by atoms with E-state index in [1.54, 1.807) is 0 Å². The van der Waals surface area contributed by atoms with Crippen molar-refractivity contribution in [3.05, 3.63) is 29.3 Å². The summed E-state index contributed by atoms with van der Waals surface area (Å²) in [6, 6.07) is 5.75. The highest BCUT2D eigenvalue weighted by Gasteiger charge is 2.33. The number of carbonyl (C=O) groups excluding carboxylic acids is 1. The van der Waals surface area contributed by atoms with Crippen LogP contribution in [-0.2, 0) is 11.2 Å². The van der Waals surface area contributed by atoms with Gasteiger partial charge in [-0.25, -0.2) is 0 Å². The van der Waals surface area contributed by atoms with Crippen LogP contribution in [0.5, 0.6) is 5.75 Å². The zero-order valence-corrected chi connectivity index (χ0v) is 10.2. The number of rotatable bonds is 3. The Morgan fingerprint density at radius 2 is 2.28 bits per heavy atom. The topological polar surface area (TPSA) is 61.6 Å². The number of nitrogens with two attached hydrogens (primary N) is 1. The maximum atomic E-state index is 12.4. The fourth-order valence-electron chi connectivity index (χ4n) is 2.65. The fraction of sp³-hybridized carbons (Fsp3) is 0.500. The van der Waals surface area contributed by atoms with Crippen LogP contribution in [0.1, 0.15) is 28.8 Å². The number of para-hydroxylation sites is 1. The number of carbonyl (C=O) groups is 1. The first-order chi connectivity index (χ1) is 8.79. The van der Waals surface area contributed by atoms with Gasteiger partial charge in [-0.05, 0) is 24.5 Å². The highest BCUT2D eigenvalue weighted by molar-refractivity contribution is 6.02. The maximum absolute atomic E-state index is 12.4. The second kappa shape index (κ2) is 4.71. The van der Waals surface area contributed by atoms with E-state index >= 15 is 0 Å². The molecule has 2 heterocycles. The third-order valence-electron chi connectivity index (χ3n) is 3.64. The van der Waals surface area contributed by atoms with Gasteiger partial charge >= 0.3 is 0 Å². The van der Waals surface area contributed by atoms with Crippen LogP contribution >= 0.6 is 0 Å². The monoisotopic (exact) mass is 247 g/mol. The fourth-order valence-corrected chi connectivity index (χ4v) is 2.65. The first-order valence-corrected chi connectivity index (χ1v) is 6.44. The molecule has 0 aromatic heterocycles. The summed E-state index contributed by atoms with van der Waals surface area (Å²) in [5.41, 5.74) is 7.34. The molecule has 2 unspecified atom stereocenters. The second-order valence-electron chi connectivity index (χ2n) is 4.82. The van der Waals surface area contributed by atoms with E-state index < -0.39 is 0 Å². The molecule has 3 rings (SSSR count). The van der Waals surface area contributed by atoms with Crippen molar-refractivity contribution >= 4 is 5.78 Å². The van der Waals surface area contributed by atoms with E-state index in [0.29, 0.717) is 18.7 Å². The van der Waals surface area contributed by atoms with Gasteiger partial charge in [-0.2, -0.15) is 0 Å². The SMILES string of the molecule is NCC1CCC(C(=O)c2cccc3c2OCC3)O1. The van der Waals surface area contributed by atoms with Gasteiger partial charge in [0.05, 0.1) is 18.3 Å². The summed E-state index contributed by atoms with van der Waals surface area (Å²) in [4.78, 5) is 12.4. The van der Waals surface area contributed by atoms with Crippen LogP contribution in [0.3, 0.4) is 0 Å². The molecule has 2 N–H and O–H groups in total. The Balaban J connectivity index is 1.83. The van der Waals surface area contributed by atoms with Crippen molar-refractivity contribution in [1.29, 1.82) is 0 Å².